The number of hydrogen-bond acceptors (Lipinski definition) is 4. The third-order valence-electron chi connectivity index (χ3n) is 4.47. The third-order valence-corrected chi connectivity index (χ3v) is 4.47. The summed E-state index contributed by atoms with van der Waals surface area (Å²) in [5.41, 5.74) is 4.11. The highest BCUT2D eigenvalue weighted by atomic mass is 16.5. The molecule has 29 heavy (non-hydrogen) atoms. The van der Waals surface area contributed by atoms with Gasteiger partial charge in [-0.3, -0.25) is 0 Å². The SMILES string of the molecule is O=C=CCc1ccc(O)c(-c2cc(CC=C=O)ccc2OCc2ccccc2)c1. The lowest BCUT2D eigenvalue weighted by Crippen LogP contribution is -1.98. The molecular formula is C25H20O4. The molecular weight excluding hydrogens is 364 g/mol. The maximum atomic E-state index is 10.6. The average Bonchev–Trinajstić information content (AvgIpc) is 2.76. The molecule has 0 bridgehead atoms. The van der Waals surface area contributed by atoms with Crippen molar-refractivity contribution in [3.05, 3.63) is 95.6 Å². The molecule has 0 aromatic heterocycles. The van der Waals surface area contributed by atoms with Crippen LogP contribution in [0.25, 0.3) is 11.1 Å². The predicted octanol–water partition coefficient (Wildman–Crippen LogP) is 4.50. The van der Waals surface area contributed by atoms with E-state index in [4.69, 9.17) is 4.74 Å². The van der Waals surface area contributed by atoms with Gasteiger partial charge in [-0.15, -0.1) is 0 Å². The van der Waals surface area contributed by atoms with Crippen LogP contribution < -0.4 is 4.74 Å². The number of rotatable bonds is 8. The summed E-state index contributed by atoms with van der Waals surface area (Å²) in [6, 6.07) is 20.6. The fraction of sp³-hybridized carbons (Fsp3) is 0.120. The molecule has 0 aliphatic carbocycles. The summed E-state index contributed by atoms with van der Waals surface area (Å²) in [7, 11) is 0. The van der Waals surface area contributed by atoms with Crippen molar-refractivity contribution in [1.29, 1.82) is 0 Å². The minimum atomic E-state index is 0.108. The zero-order valence-corrected chi connectivity index (χ0v) is 15.8. The van der Waals surface area contributed by atoms with Crippen molar-refractivity contribution >= 4 is 11.9 Å². The van der Waals surface area contributed by atoms with Crippen molar-refractivity contribution in [2.24, 2.45) is 0 Å². The molecule has 0 aliphatic heterocycles. The Hall–Kier alpha value is -3.84. The standard InChI is InChI=1S/C25H20O4/c26-14-4-8-19-10-12-24(28)22(16-19)23-17-20(9-5-15-27)11-13-25(23)29-18-21-6-2-1-3-7-21/h1-7,10-13,16-17,28H,8-9,18H2. The lowest BCUT2D eigenvalue weighted by molar-refractivity contribution is 0.307. The van der Waals surface area contributed by atoms with E-state index in [1.165, 1.54) is 12.2 Å². The number of phenols is 1. The minimum Gasteiger partial charge on any atom is -0.507 e. The van der Waals surface area contributed by atoms with Gasteiger partial charge in [-0.1, -0.05) is 42.5 Å². The van der Waals surface area contributed by atoms with E-state index in [9.17, 15) is 14.7 Å². The van der Waals surface area contributed by atoms with Crippen molar-refractivity contribution < 1.29 is 19.4 Å². The van der Waals surface area contributed by atoms with Crippen LogP contribution in [0, 0.1) is 0 Å². The van der Waals surface area contributed by atoms with Gasteiger partial charge in [0.2, 0.25) is 0 Å². The number of phenolic OH excluding ortho intramolecular Hbond substituents is 1. The Bertz CT molecular complexity index is 1070. The first-order valence-corrected chi connectivity index (χ1v) is 9.22. The smallest absolute Gasteiger partial charge is 0.127 e. The molecule has 3 aromatic rings. The van der Waals surface area contributed by atoms with Crippen LogP contribution in [0.2, 0.25) is 0 Å². The monoisotopic (exact) mass is 384 g/mol. The summed E-state index contributed by atoms with van der Waals surface area (Å²) in [5, 5.41) is 10.5. The van der Waals surface area contributed by atoms with Crippen LogP contribution in [-0.2, 0) is 29.0 Å². The van der Waals surface area contributed by atoms with Gasteiger partial charge in [-0.2, -0.15) is 0 Å². The van der Waals surface area contributed by atoms with Crippen molar-refractivity contribution in [2.75, 3.05) is 0 Å². The van der Waals surface area contributed by atoms with Crippen LogP contribution >= 0.6 is 0 Å². The van der Waals surface area contributed by atoms with E-state index >= 15 is 0 Å². The van der Waals surface area contributed by atoms with E-state index in [1.54, 1.807) is 24.0 Å². The molecule has 0 aliphatic rings. The fourth-order valence-electron chi connectivity index (χ4n) is 3.02. The Morgan fingerprint density at radius 2 is 1.38 bits per heavy atom. The maximum Gasteiger partial charge on any atom is 0.127 e. The quantitative estimate of drug-likeness (QED) is 0.581. The van der Waals surface area contributed by atoms with Crippen LogP contribution in [0.4, 0.5) is 0 Å². The summed E-state index contributed by atoms with van der Waals surface area (Å²) < 4.78 is 6.04. The van der Waals surface area contributed by atoms with Gasteiger partial charge in [-0.05, 0) is 41.0 Å². The zero-order chi connectivity index (χ0) is 20.5. The van der Waals surface area contributed by atoms with Crippen LogP contribution in [0.1, 0.15) is 16.7 Å². The molecule has 0 saturated heterocycles. The fourth-order valence-corrected chi connectivity index (χ4v) is 3.02. The first kappa shape index (κ1) is 19.9. The molecule has 144 valence electrons. The number of benzene rings is 3. The number of ether oxygens (including phenoxy) is 1. The molecule has 0 fully saturated rings. The van der Waals surface area contributed by atoms with Crippen LogP contribution in [0.3, 0.4) is 0 Å². The van der Waals surface area contributed by atoms with Crippen molar-refractivity contribution in [2.45, 2.75) is 19.4 Å². The van der Waals surface area contributed by atoms with Gasteiger partial charge in [0.05, 0.1) is 0 Å². The van der Waals surface area contributed by atoms with E-state index in [-0.39, 0.29) is 5.75 Å². The molecule has 0 atom stereocenters. The Kier molecular flexibility index (Phi) is 6.80. The van der Waals surface area contributed by atoms with Gasteiger partial charge in [-0.25, -0.2) is 9.59 Å². The minimum absolute atomic E-state index is 0.108. The highest BCUT2D eigenvalue weighted by Crippen LogP contribution is 2.38. The molecule has 0 spiro atoms. The number of hydrogen-bond donors (Lipinski definition) is 1. The molecule has 4 heteroatoms. The van der Waals surface area contributed by atoms with Gasteiger partial charge in [0.1, 0.15) is 30.0 Å². The van der Waals surface area contributed by atoms with Crippen LogP contribution in [0.5, 0.6) is 11.5 Å². The van der Waals surface area contributed by atoms with Crippen LogP contribution in [0.15, 0.2) is 78.9 Å². The second-order valence-corrected chi connectivity index (χ2v) is 6.51. The Balaban J connectivity index is 2.01. The second-order valence-electron chi connectivity index (χ2n) is 6.51. The molecule has 0 radical (unpaired) electrons. The highest BCUT2D eigenvalue weighted by Gasteiger charge is 2.13. The van der Waals surface area contributed by atoms with Gasteiger partial charge < -0.3 is 9.84 Å². The first-order chi connectivity index (χ1) is 14.2. The van der Waals surface area contributed by atoms with E-state index in [0.29, 0.717) is 36.3 Å². The third kappa shape index (κ3) is 5.33. The summed E-state index contributed by atoms with van der Waals surface area (Å²) in [6.45, 7) is 0.385. The summed E-state index contributed by atoms with van der Waals surface area (Å²) in [4.78, 5) is 21.1. The largest absolute Gasteiger partial charge is 0.507 e. The molecule has 0 unspecified atom stereocenters. The topological polar surface area (TPSA) is 63.6 Å². The Morgan fingerprint density at radius 1 is 0.759 bits per heavy atom. The summed E-state index contributed by atoms with van der Waals surface area (Å²) >= 11 is 0. The average molecular weight is 384 g/mol. The predicted molar refractivity (Wildman–Crippen MR) is 112 cm³/mol. The van der Waals surface area contributed by atoms with E-state index in [1.807, 2.05) is 54.6 Å². The number of allylic oxidation sites excluding steroid dienone is 2. The van der Waals surface area contributed by atoms with E-state index < -0.39 is 0 Å². The van der Waals surface area contributed by atoms with Crippen LogP contribution in [-0.4, -0.2) is 17.0 Å². The van der Waals surface area contributed by atoms with Crippen molar-refractivity contribution in [3.63, 3.8) is 0 Å². The van der Waals surface area contributed by atoms with E-state index in [0.717, 1.165) is 16.7 Å². The van der Waals surface area contributed by atoms with Gasteiger partial charge in [0, 0.05) is 36.1 Å². The number of aromatic hydroxyl groups is 1. The van der Waals surface area contributed by atoms with Gasteiger partial charge in [0.15, 0.2) is 0 Å². The maximum absolute atomic E-state index is 10.6. The normalized spacial score (nSPS) is 9.93. The Morgan fingerprint density at radius 3 is 2.03 bits per heavy atom. The molecule has 3 rings (SSSR count). The molecule has 0 amide bonds. The van der Waals surface area contributed by atoms with Gasteiger partial charge >= 0.3 is 0 Å². The molecule has 3 aromatic carbocycles. The van der Waals surface area contributed by atoms with Crippen molar-refractivity contribution in [3.8, 4) is 22.6 Å². The lowest BCUT2D eigenvalue weighted by atomic mass is 9.97. The second kappa shape index (κ2) is 9.91. The molecule has 1 N–H and O–H groups in total. The summed E-state index contributed by atoms with van der Waals surface area (Å²) in [5.74, 6) is 4.28. The zero-order valence-electron chi connectivity index (χ0n) is 15.8. The van der Waals surface area contributed by atoms with Crippen molar-refractivity contribution in [1.82, 2.24) is 0 Å². The first-order valence-electron chi connectivity index (χ1n) is 9.22. The Labute approximate surface area is 169 Å². The molecule has 0 saturated carbocycles. The van der Waals surface area contributed by atoms with Gasteiger partial charge in [0.25, 0.3) is 0 Å². The molecule has 0 heterocycles. The molecule has 4 nitrogen and oxygen atoms in total. The lowest BCUT2D eigenvalue weighted by Gasteiger charge is -2.15. The highest BCUT2D eigenvalue weighted by molar-refractivity contribution is 5.77. The van der Waals surface area contributed by atoms with E-state index in [2.05, 4.69) is 0 Å². The summed E-state index contributed by atoms with van der Waals surface area (Å²) in [6.07, 6.45) is 3.66. The number of carbonyl (C=O) groups excluding carboxylic acids is 2.